The molecule has 1 aliphatic heterocycles. The molecule has 3 aliphatic rings. The summed E-state index contributed by atoms with van der Waals surface area (Å²) < 4.78 is 6.65. The first-order chi connectivity index (χ1) is 9.80. The van der Waals surface area contributed by atoms with Crippen molar-refractivity contribution in [2.45, 2.75) is 90.3 Å². The molecule has 0 radical (unpaired) electrons. The number of fused-ring (bicyclic) bond motifs is 1. The molecule has 3 fully saturated rings. The maximum atomic E-state index is 11.9. The van der Waals surface area contributed by atoms with Gasteiger partial charge in [0, 0.05) is 18.6 Å². The summed E-state index contributed by atoms with van der Waals surface area (Å²) in [6, 6.07) is 0. The number of nitrogens with zero attached hydrogens (tertiary/aromatic N) is 1. The average Bonchev–Trinajstić information content (AvgIpc) is 2.60. The Bertz CT molecular complexity index is 482. The van der Waals surface area contributed by atoms with Crippen molar-refractivity contribution in [3.05, 3.63) is 0 Å². The van der Waals surface area contributed by atoms with Crippen molar-refractivity contribution >= 4 is 11.6 Å². The molecule has 21 heavy (non-hydrogen) atoms. The zero-order chi connectivity index (χ0) is 15.3. The molecule has 1 saturated heterocycles. The minimum Gasteiger partial charge on any atom is -0.368 e. The van der Waals surface area contributed by atoms with Crippen molar-refractivity contribution in [3.8, 4) is 0 Å². The summed E-state index contributed by atoms with van der Waals surface area (Å²) in [5, 5.41) is 0. The normalized spacial score (nSPS) is 42.9. The van der Waals surface area contributed by atoms with E-state index in [1.165, 1.54) is 12.8 Å². The van der Waals surface area contributed by atoms with E-state index < -0.39 is 0 Å². The first-order valence-corrected chi connectivity index (χ1v) is 8.60. The van der Waals surface area contributed by atoms with Gasteiger partial charge in [-0.3, -0.25) is 4.79 Å². The zero-order valence-electron chi connectivity index (χ0n) is 14.0. The highest BCUT2D eigenvalue weighted by Crippen LogP contribution is 2.63. The van der Waals surface area contributed by atoms with Crippen molar-refractivity contribution < 1.29 is 9.53 Å². The van der Waals surface area contributed by atoms with Gasteiger partial charge in [0.25, 0.3) is 0 Å². The van der Waals surface area contributed by atoms with Gasteiger partial charge in [-0.2, -0.15) is 0 Å². The van der Waals surface area contributed by atoms with Crippen LogP contribution in [0.3, 0.4) is 0 Å². The summed E-state index contributed by atoms with van der Waals surface area (Å²) in [6.45, 7) is 8.91. The fourth-order valence-electron chi connectivity index (χ4n) is 4.87. The molecule has 1 amide bonds. The monoisotopic (exact) mass is 291 g/mol. The van der Waals surface area contributed by atoms with Gasteiger partial charge in [-0.25, -0.2) is 4.99 Å². The number of carbonyl (C=O) groups excluding carboxylic acids is 1. The number of ether oxygens (including phenoxy) is 1. The summed E-state index contributed by atoms with van der Waals surface area (Å²) >= 11 is 0. The second-order valence-electron chi connectivity index (χ2n) is 8.20. The van der Waals surface area contributed by atoms with Crippen LogP contribution in [0.25, 0.3) is 0 Å². The van der Waals surface area contributed by atoms with Gasteiger partial charge in [-0.15, -0.1) is 0 Å². The Labute approximate surface area is 128 Å². The molecule has 0 unspecified atom stereocenters. The van der Waals surface area contributed by atoms with Crippen molar-refractivity contribution in [1.29, 1.82) is 0 Å². The maximum absolute atomic E-state index is 11.9. The standard InChI is InChI=1S/C18H29NO2/c1-5-6-15(20)19-14-8-10-17(4)9-7-13-11-18(17,12-14)21-16(13,2)3/h13H,5-12H2,1-4H3/t13-,17-,18+/m1/s1. The van der Waals surface area contributed by atoms with E-state index in [4.69, 9.17) is 4.74 Å². The Kier molecular flexibility index (Phi) is 3.55. The van der Waals surface area contributed by atoms with Gasteiger partial charge < -0.3 is 4.74 Å². The second kappa shape index (κ2) is 4.91. The van der Waals surface area contributed by atoms with Crippen LogP contribution in [-0.4, -0.2) is 22.8 Å². The SMILES string of the molecule is CCCC(=O)N=C1CC[C@@]2(C)CC[C@@H]3C[C@@]2(C1)OC3(C)C. The van der Waals surface area contributed by atoms with E-state index in [1.54, 1.807) is 0 Å². The van der Waals surface area contributed by atoms with E-state index in [0.717, 1.165) is 37.8 Å². The number of carbonyl (C=O) groups is 1. The van der Waals surface area contributed by atoms with Crippen LogP contribution < -0.4 is 0 Å². The minimum atomic E-state index is -0.0665. The lowest BCUT2D eigenvalue weighted by atomic mass is 9.55. The Morgan fingerprint density at radius 3 is 2.81 bits per heavy atom. The molecule has 2 saturated carbocycles. The van der Waals surface area contributed by atoms with Crippen molar-refractivity contribution in [2.75, 3.05) is 0 Å². The van der Waals surface area contributed by atoms with Crippen molar-refractivity contribution in [3.63, 3.8) is 0 Å². The summed E-state index contributed by atoms with van der Waals surface area (Å²) in [4.78, 5) is 16.3. The molecule has 1 spiro atoms. The van der Waals surface area contributed by atoms with Gasteiger partial charge in [0.1, 0.15) is 0 Å². The lowest BCUT2D eigenvalue weighted by Gasteiger charge is -2.52. The molecule has 1 heterocycles. The van der Waals surface area contributed by atoms with E-state index in [1.807, 2.05) is 6.92 Å². The minimum absolute atomic E-state index is 0.0202. The molecule has 3 rings (SSSR count). The molecule has 3 heteroatoms. The van der Waals surface area contributed by atoms with E-state index in [0.29, 0.717) is 12.3 Å². The number of amides is 1. The van der Waals surface area contributed by atoms with Crippen LogP contribution in [0.1, 0.15) is 79.1 Å². The fraction of sp³-hybridized carbons (Fsp3) is 0.889. The van der Waals surface area contributed by atoms with Crippen LogP contribution in [0, 0.1) is 11.3 Å². The highest BCUT2D eigenvalue weighted by molar-refractivity contribution is 5.96. The third-order valence-corrected chi connectivity index (χ3v) is 6.36. The summed E-state index contributed by atoms with van der Waals surface area (Å²) in [5.74, 6) is 0.716. The van der Waals surface area contributed by atoms with Gasteiger partial charge >= 0.3 is 0 Å². The Balaban J connectivity index is 1.86. The Morgan fingerprint density at radius 1 is 1.33 bits per heavy atom. The van der Waals surface area contributed by atoms with Crippen LogP contribution in [0.15, 0.2) is 4.99 Å². The Morgan fingerprint density at radius 2 is 2.10 bits per heavy atom. The molecule has 0 aromatic heterocycles. The van der Waals surface area contributed by atoms with Gasteiger partial charge in [0.05, 0.1) is 11.2 Å². The molecule has 118 valence electrons. The third kappa shape index (κ3) is 2.38. The van der Waals surface area contributed by atoms with E-state index in [2.05, 4.69) is 25.8 Å². The number of hydrogen-bond donors (Lipinski definition) is 0. The smallest absolute Gasteiger partial charge is 0.245 e. The first kappa shape index (κ1) is 15.2. The molecule has 2 aliphatic carbocycles. The van der Waals surface area contributed by atoms with E-state index in [9.17, 15) is 4.79 Å². The van der Waals surface area contributed by atoms with Crippen molar-refractivity contribution in [2.24, 2.45) is 16.3 Å². The van der Waals surface area contributed by atoms with Crippen LogP contribution in [0.5, 0.6) is 0 Å². The zero-order valence-corrected chi connectivity index (χ0v) is 14.0. The molecular formula is C18H29NO2. The predicted octanol–water partition coefficient (Wildman–Crippen LogP) is 4.29. The average molecular weight is 291 g/mol. The fourth-order valence-corrected chi connectivity index (χ4v) is 4.87. The van der Waals surface area contributed by atoms with Crippen LogP contribution >= 0.6 is 0 Å². The van der Waals surface area contributed by atoms with Gasteiger partial charge in [-0.05, 0) is 63.7 Å². The van der Waals surface area contributed by atoms with E-state index in [-0.39, 0.29) is 22.5 Å². The molecule has 3 atom stereocenters. The van der Waals surface area contributed by atoms with E-state index >= 15 is 0 Å². The van der Waals surface area contributed by atoms with Gasteiger partial charge in [0.2, 0.25) is 5.91 Å². The van der Waals surface area contributed by atoms with Crippen LogP contribution in [-0.2, 0) is 9.53 Å². The summed E-state index contributed by atoms with van der Waals surface area (Å²) in [6.07, 6.45) is 8.11. The second-order valence-corrected chi connectivity index (χ2v) is 8.20. The summed E-state index contributed by atoms with van der Waals surface area (Å²) in [5.41, 5.74) is 1.27. The summed E-state index contributed by atoms with van der Waals surface area (Å²) in [7, 11) is 0. The molecule has 2 bridgehead atoms. The lowest BCUT2D eigenvalue weighted by molar-refractivity contribution is -0.150. The maximum Gasteiger partial charge on any atom is 0.245 e. The van der Waals surface area contributed by atoms with Crippen LogP contribution in [0.4, 0.5) is 0 Å². The molecule has 0 N–H and O–H groups in total. The first-order valence-electron chi connectivity index (χ1n) is 8.60. The predicted molar refractivity (Wildman–Crippen MR) is 84.5 cm³/mol. The molecule has 0 aromatic rings. The third-order valence-electron chi connectivity index (χ3n) is 6.36. The number of rotatable bonds is 2. The largest absolute Gasteiger partial charge is 0.368 e. The molecule has 3 nitrogen and oxygen atoms in total. The Hall–Kier alpha value is -0.700. The number of aliphatic imine (C=N–C) groups is 1. The van der Waals surface area contributed by atoms with Gasteiger partial charge in [0.15, 0.2) is 0 Å². The highest BCUT2D eigenvalue weighted by Gasteiger charge is 2.63. The van der Waals surface area contributed by atoms with Crippen molar-refractivity contribution in [1.82, 2.24) is 0 Å². The highest BCUT2D eigenvalue weighted by atomic mass is 16.5. The molecule has 0 aromatic carbocycles. The lowest BCUT2D eigenvalue weighted by Crippen LogP contribution is -2.53. The quantitative estimate of drug-likeness (QED) is 0.761. The molecular weight excluding hydrogens is 262 g/mol. The number of hydrogen-bond acceptors (Lipinski definition) is 2. The van der Waals surface area contributed by atoms with Crippen LogP contribution in [0.2, 0.25) is 0 Å². The van der Waals surface area contributed by atoms with Gasteiger partial charge in [-0.1, -0.05) is 13.8 Å². The topological polar surface area (TPSA) is 38.7 Å².